The second-order valence-corrected chi connectivity index (χ2v) is 6.40. The topological polar surface area (TPSA) is 54.3 Å². The van der Waals surface area contributed by atoms with Gasteiger partial charge in [0.25, 0.3) is 11.5 Å². The summed E-state index contributed by atoms with van der Waals surface area (Å²) in [6, 6.07) is 13.6. The molecule has 0 unspecified atom stereocenters. The Bertz CT molecular complexity index is 755. The van der Waals surface area contributed by atoms with E-state index in [1.54, 1.807) is 19.3 Å². The lowest BCUT2D eigenvalue weighted by atomic mass is 10.0. The van der Waals surface area contributed by atoms with Crippen LogP contribution in [0.1, 0.15) is 28.8 Å². The van der Waals surface area contributed by atoms with Gasteiger partial charge < -0.3 is 9.88 Å². The number of amides is 1. The molecule has 5 nitrogen and oxygen atoms in total. The van der Waals surface area contributed by atoms with E-state index < -0.39 is 0 Å². The van der Waals surface area contributed by atoms with Crippen molar-refractivity contribution in [3.05, 3.63) is 70.1 Å². The number of nitrogens with zero attached hydrogens (tertiary/aromatic N) is 2. The number of carbonyl (C=O) groups excluding carboxylic acids is 1. The fourth-order valence-electron chi connectivity index (χ4n) is 3.12. The maximum Gasteiger partial charge on any atom is 0.251 e. The molecule has 1 aliphatic rings. The normalized spacial score (nSPS) is 18.3. The van der Waals surface area contributed by atoms with Gasteiger partial charge >= 0.3 is 0 Å². The summed E-state index contributed by atoms with van der Waals surface area (Å²) in [6.45, 7) is 2.79. The summed E-state index contributed by atoms with van der Waals surface area (Å²) in [5.74, 6) is -0.167. The van der Waals surface area contributed by atoms with E-state index in [0.717, 1.165) is 32.5 Å². The van der Waals surface area contributed by atoms with E-state index in [-0.39, 0.29) is 17.5 Å². The lowest BCUT2D eigenvalue weighted by molar-refractivity contribution is 0.0900. The van der Waals surface area contributed by atoms with Gasteiger partial charge in [-0.3, -0.25) is 14.5 Å². The van der Waals surface area contributed by atoms with Gasteiger partial charge in [-0.25, -0.2) is 0 Å². The van der Waals surface area contributed by atoms with Crippen LogP contribution in [0.25, 0.3) is 0 Å². The number of likely N-dealkylation sites (tertiary alicyclic amines) is 1. The third-order valence-electron chi connectivity index (χ3n) is 4.46. The third-order valence-corrected chi connectivity index (χ3v) is 4.46. The van der Waals surface area contributed by atoms with E-state index in [9.17, 15) is 9.59 Å². The van der Waals surface area contributed by atoms with E-state index in [0.29, 0.717) is 5.56 Å². The molecule has 1 aliphatic heterocycles. The Balaban J connectivity index is 1.59. The second-order valence-electron chi connectivity index (χ2n) is 6.40. The van der Waals surface area contributed by atoms with Crippen molar-refractivity contribution in [3.63, 3.8) is 0 Å². The Hall–Kier alpha value is -2.40. The van der Waals surface area contributed by atoms with Gasteiger partial charge in [0.2, 0.25) is 0 Å². The van der Waals surface area contributed by atoms with E-state index in [1.807, 2.05) is 6.07 Å². The lowest BCUT2D eigenvalue weighted by Gasteiger charge is -2.33. The highest BCUT2D eigenvalue weighted by Gasteiger charge is 2.22. The SMILES string of the molecule is Cn1ccc(C(=O)N[C@@H]2CCCN(Cc3ccccc3)C2)cc1=O. The van der Waals surface area contributed by atoms with Crippen molar-refractivity contribution in [3.8, 4) is 0 Å². The van der Waals surface area contributed by atoms with Gasteiger partial charge in [-0.05, 0) is 31.0 Å². The molecule has 0 saturated carbocycles. The molecule has 2 aromatic rings. The highest BCUT2D eigenvalue weighted by molar-refractivity contribution is 5.94. The zero-order valence-corrected chi connectivity index (χ0v) is 13.9. The largest absolute Gasteiger partial charge is 0.348 e. The number of nitrogens with one attached hydrogen (secondary N) is 1. The minimum Gasteiger partial charge on any atom is -0.348 e. The summed E-state index contributed by atoms with van der Waals surface area (Å²) in [5.41, 5.74) is 1.55. The van der Waals surface area contributed by atoms with Crippen molar-refractivity contribution in [2.45, 2.75) is 25.4 Å². The first-order chi connectivity index (χ1) is 11.6. The summed E-state index contributed by atoms with van der Waals surface area (Å²) in [6.07, 6.45) is 3.66. The van der Waals surface area contributed by atoms with Crippen molar-refractivity contribution >= 4 is 5.91 Å². The molecule has 3 rings (SSSR count). The second kappa shape index (κ2) is 7.45. The van der Waals surface area contributed by atoms with Crippen molar-refractivity contribution in [1.29, 1.82) is 0 Å². The summed E-state index contributed by atoms with van der Waals surface area (Å²) in [5, 5.41) is 3.07. The van der Waals surface area contributed by atoms with Gasteiger partial charge in [0.1, 0.15) is 0 Å². The Morgan fingerprint density at radius 3 is 2.79 bits per heavy atom. The number of piperidine rings is 1. The fourth-order valence-corrected chi connectivity index (χ4v) is 3.12. The predicted octanol–water partition coefficient (Wildman–Crippen LogP) is 1.78. The first kappa shape index (κ1) is 16.5. The van der Waals surface area contributed by atoms with Crippen LogP contribution in [-0.2, 0) is 13.6 Å². The van der Waals surface area contributed by atoms with E-state index in [1.165, 1.54) is 16.2 Å². The van der Waals surface area contributed by atoms with Crippen molar-refractivity contribution in [2.24, 2.45) is 7.05 Å². The van der Waals surface area contributed by atoms with Crippen molar-refractivity contribution in [1.82, 2.24) is 14.8 Å². The number of hydrogen-bond acceptors (Lipinski definition) is 3. The van der Waals surface area contributed by atoms with Crippen LogP contribution >= 0.6 is 0 Å². The molecular weight excluding hydrogens is 302 g/mol. The number of aryl methyl sites for hydroxylation is 1. The van der Waals surface area contributed by atoms with Crippen LogP contribution in [0.4, 0.5) is 0 Å². The third kappa shape index (κ3) is 4.11. The maximum atomic E-state index is 12.4. The average Bonchev–Trinajstić information content (AvgIpc) is 2.58. The minimum atomic E-state index is -0.169. The number of rotatable bonds is 4. The van der Waals surface area contributed by atoms with Gasteiger partial charge in [-0.2, -0.15) is 0 Å². The molecule has 5 heteroatoms. The fraction of sp³-hybridized carbons (Fsp3) is 0.368. The Labute approximate surface area is 141 Å². The highest BCUT2D eigenvalue weighted by atomic mass is 16.2. The van der Waals surface area contributed by atoms with Crippen LogP contribution < -0.4 is 10.9 Å². The highest BCUT2D eigenvalue weighted by Crippen LogP contribution is 2.14. The van der Waals surface area contributed by atoms with E-state index >= 15 is 0 Å². The molecule has 1 fully saturated rings. The van der Waals surface area contributed by atoms with Crippen LogP contribution in [0.15, 0.2) is 53.5 Å². The molecule has 2 heterocycles. The van der Waals surface area contributed by atoms with Crippen LogP contribution in [0.2, 0.25) is 0 Å². The number of carbonyl (C=O) groups is 1. The number of aromatic nitrogens is 1. The smallest absolute Gasteiger partial charge is 0.251 e. The molecule has 0 spiro atoms. The van der Waals surface area contributed by atoms with Crippen molar-refractivity contribution in [2.75, 3.05) is 13.1 Å². The van der Waals surface area contributed by atoms with Crippen LogP contribution in [0, 0.1) is 0 Å². The lowest BCUT2D eigenvalue weighted by Crippen LogP contribution is -2.47. The average molecular weight is 325 g/mol. The van der Waals surface area contributed by atoms with Gasteiger partial charge in [0.15, 0.2) is 0 Å². The number of benzene rings is 1. The van der Waals surface area contributed by atoms with Gasteiger partial charge in [0.05, 0.1) is 0 Å². The molecule has 24 heavy (non-hydrogen) atoms. The first-order valence-electron chi connectivity index (χ1n) is 8.35. The zero-order chi connectivity index (χ0) is 16.9. The van der Waals surface area contributed by atoms with Crippen LogP contribution in [-0.4, -0.2) is 34.5 Å². The molecule has 1 saturated heterocycles. The summed E-state index contributed by atoms with van der Waals surface area (Å²) < 4.78 is 1.46. The first-order valence-corrected chi connectivity index (χ1v) is 8.35. The molecule has 1 amide bonds. The molecule has 1 N–H and O–H groups in total. The predicted molar refractivity (Wildman–Crippen MR) is 93.9 cm³/mol. The van der Waals surface area contributed by atoms with Gasteiger partial charge in [-0.15, -0.1) is 0 Å². The molecular formula is C19H23N3O2. The molecule has 0 radical (unpaired) electrons. The van der Waals surface area contributed by atoms with Gasteiger partial charge in [0, 0.05) is 44.0 Å². The molecule has 0 aliphatic carbocycles. The van der Waals surface area contributed by atoms with Gasteiger partial charge in [-0.1, -0.05) is 30.3 Å². The van der Waals surface area contributed by atoms with E-state index in [4.69, 9.17) is 0 Å². The van der Waals surface area contributed by atoms with E-state index in [2.05, 4.69) is 34.5 Å². The molecule has 1 aromatic carbocycles. The summed E-state index contributed by atoms with van der Waals surface area (Å²) in [4.78, 5) is 26.4. The molecule has 0 bridgehead atoms. The summed E-state index contributed by atoms with van der Waals surface area (Å²) >= 11 is 0. The standard InChI is InChI=1S/C19H23N3O2/c1-21-11-9-16(12-18(21)23)19(24)20-17-8-5-10-22(14-17)13-15-6-3-2-4-7-15/h2-4,6-7,9,11-12,17H,5,8,10,13-14H2,1H3,(H,20,24)/t17-/m1/s1. The maximum absolute atomic E-state index is 12.4. The zero-order valence-electron chi connectivity index (χ0n) is 13.9. The van der Waals surface area contributed by atoms with Crippen molar-refractivity contribution < 1.29 is 4.79 Å². The number of hydrogen-bond donors (Lipinski definition) is 1. The Morgan fingerprint density at radius 2 is 2.04 bits per heavy atom. The molecule has 1 atom stereocenters. The quantitative estimate of drug-likeness (QED) is 0.932. The van der Waals surface area contributed by atoms with Crippen LogP contribution in [0.3, 0.4) is 0 Å². The van der Waals surface area contributed by atoms with Crippen LogP contribution in [0.5, 0.6) is 0 Å². The Kier molecular flexibility index (Phi) is 5.11. The molecule has 1 aromatic heterocycles. The minimum absolute atomic E-state index is 0.124. The Morgan fingerprint density at radius 1 is 1.25 bits per heavy atom. The number of pyridine rings is 1. The summed E-state index contributed by atoms with van der Waals surface area (Å²) in [7, 11) is 1.67. The monoisotopic (exact) mass is 325 g/mol. The molecule has 126 valence electrons.